The van der Waals surface area contributed by atoms with E-state index in [2.05, 4.69) is 57.2 Å². The zero-order chi connectivity index (χ0) is 11.1. The molecular formula is C15H22. The third-order valence-corrected chi connectivity index (χ3v) is 3.13. The predicted molar refractivity (Wildman–Crippen MR) is 68.0 cm³/mol. The quantitative estimate of drug-likeness (QED) is 0.612. The largest absolute Gasteiger partial charge is 0.0850 e. The Hall–Kier alpha value is -1.04. The minimum Gasteiger partial charge on any atom is -0.0850 e. The molecule has 0 aliphatic heterocycles. The van der Waals surface area contributed by atoms with Crippen LogP contribution in [0.25, 0.3) is 0 Å². The highest BCUT2D eigenvalue weighted by Crippen LogP contribution is 2.14. The summed E-state index contributed by atoms with van der Waals surface area (Å²) in [5.74, 6) is 0.737. The minimum absolute atomic E-state index is 0.737. The molecule has 0 N–H and O–H groups in total. The summed E-state index contributed by atoms with van der Waals surface area (Å²) in [4.78, 5) is 0. The van der Waals surface area contributed by atoms with Gasteiger partial charge in [0.15, 0.2) is 0 Å². The van der Waals surface area contributed by atoms with Gasteiger partial charge in [-0.15, -0.1) is 0 Å². The Morgan fingerprint density at radius 2 is 1.93 bits per heavy atom. The molecule has 0 bridgehead atoms. The molecule has 0 heteroatoms. The topological polar surface area (TPSA) is 0 Å². The van der Waals surface area contributed by atoms with E-state index >= 15 is 0 Å². The van der Waals surface area contributed by atoms with E-state index in [1.165, 1.54) is 24.0 Å². The summed E-state index contributed by atoms with van der Waals surface area (Å²) >= 11 is 0. The number of aryl methyl sites for hydroxylation is 1. The third-order valence-electron chi connectivity index (χ3n) is 3.13. The number of hydrogen-bond acceptors (Lipinski definition) is 0. The van der Waals surface area contributed by atoms with E-state index < -0.39 is 0 Å². The van der Waals surface area contributed by atoms with E-state index in [9.17, 15) is 0 Å². The fourth-order valence-electron chi connectivity index (χ4n) is 1.63. The fourth-order valence-corrected chi connectivity index (χ4v) is 1.63. The summed E-state index contributed by atoms with van der Waals surface area (Å²) in [5, 5.41) is 0. The second kappa shape index (κ2) is 6.44. The number of benzene rings is 1. The van der Waals surface area contributed by atoms with Gasteiger partial charge >= 0.3 is 0 Å². The van der Waals surface area contributed by atoms with Gasteiger partial charge in [0.05, 0.1) is 0 Å². The van der Waals surface area contributed by atoms with Gasteiger partial charge in [0.1, 0.15) is 0 Å². The van der Waals surface area contributed by atoms with Gasteiger partial charge in [-0.25, -0.2) is 0 Å². The molecule has 1 rings (SSSR count). The average molecular weight is 202 g/mol. The molecule has 0 saturated carbocycles. The molecule has 1 unspecified atom stereocenters. The van der Waals surface area contributed by atoms with Crippen molar-refractivity contribution in [2.75, 3.05) is 0 Å². The minimum atomic E-state index is 0.737. The summed E-state index contributed by atoms with van der Waals surface area (Å²) < 4.78 is 0. The lowest BCUT2D eigenvalue weighted by Gasteiger charge is -2.08. The molecule has 0 radical (unpaired) electrons. The lowest BCUT2D eigenvalue weighted by molar-refractivity contribution is 0.651. The maximum atomic E-state index is 2.39. The Morgan fingerprint density at radius 3 is 2.53 bits per heavy atom. The van der Waals surface area contributed by atoms with Crippen LogP contribution in [0.1, 0.15) is 39.2 Å². The van der Waals surface area contributed by atoms with Gasteiger partial charge in [-0.2, -0.15) is 0 Å². The Balaban J connectivity index is 2.39. The molecule has 0 aromatic heterocycles. The van der Waals surface area contributed by atoms with Gasteiger partial charge in [-0.05, 0) is 37.7 Å². The molecule has 1 aromatic rings. The maximum absolute atomic E-state index is 2.39. The van der Waals surface area contributed by atoms with Crippen LogP contribution < -0.4 is 0 Å². The predicted octanol–water partition coefficient (Wildman–Crippen LogP) is 4.61. The second-order valence-corrected chi connectivity index (χ2v) is 4.28. The monoisotopic (exact) mass is 202 g/mol. The van der Waals surface area contributed by atoms with Crippen molar-refractivity contribution in [3.63, 3.8) is 0 Å². The molecule has 15 heavy (non-hydrogen) atoms. The molecule has 0 saturated heterocycles. The van der Waals surface area contributed by atoms with Gasteiger partial charge in [-0.3, -0.25) is 0 Å². The summed E-state index contributed by atoms with van der Waals surface area (Å²) in [5.41, 5.74) is 2.97. The second-order valence-electron chi connectivity index (χ2n) is 4.28. The van der Waals surface area contributed by atoms with Crippen LogP contribution >= 0.6 is 0 Å². The van der Waals surface area contributed by atoms with Crippen LogP contribution in [0.3, 0.4) is 0 Å². The molecule has 0 spiro atoms. The van der Waals surface area contributed by atoms with E-state index in [0.717, 1.165) is 12.3 Å². The van der Waals surface area contributed by atoms with Crippen molar-refractivity contribution in [1.29, 1.82) is 0 Å². The third kappa shape index (κ3) is 4.33. The molecule has 1 aromatic carbocycles. The molecule has 82 valence electrons. The van der Waals surface area contributed by atoms with Crippen LogP contribution in [0.4, 0.5) is 0 Å². The average Bonchev–Trinajstić information content (AvgIpc) is 2.29. The first kappa shape index (κ1) is 12.0. The van der Waals surface area contributed by atoms with Crippen LogP contribution in [0.5, 0.6) is 0 Å². The van der Waals surface area contributed by atoms with Crippen molar-refractivity contribution < 1.29 is 0 Å². The van der Waals surface area contributed by atoms with E-state index in [1.54, 1.807) is 0 Å². The molecule has 0 heterocycles. The fraction of sp³-hybridized carbons (Fsp3) is 0.467. The lowest BCUT2D eigenvalue weighted by atomic mass is 9.98. The first-order valence-electron chi connectivity index (χ1n) is 5.94. The van der Waals surface area contributed by atoms with Crippen molar-refractivity contribution in [3.05, 3.63) is 47.5 Å². The van der Waals surface area contributed by atoms with Crippen LogP contribution in [0.15, 0.2) is 42.0 Å². The van der Waals surface area contributed by atoms with Crippen LogP contribution in [0, 0.1) is 5.92 Å². The van der Waals surface area contributed by atoms with Gasteiger partial charge < -0.3 is 0 Å². The number of allylic oxidation sites excluding steroid dienone is 2. The van der Waals surface area contributed by atoms with E-state index in [4.69, 9.17) is 0 Å². The van der Waals surface area contributed by atoms with Crippen molar-refractivity contribution in [1.82, 2.24) is 0 Å². The summed E-state index contributed by atoms with van der Waals surface area (Å²) in [6.07, 6.45) is 5.96. The van der Waals surface area contributed by atoms with E-state index in [1.807, 2.05) is 0 Å². The van der Waals surface area contributed by atoms with Crippen LogP contribution in [0.2, 0.25) is 0 Å². The number of hydrogen-bond donors (Lipinski definition) is 0. The lowest BCUT2D eigenvalue weighted by Crippen LogP contribution is -1.94. The zero-order valence-corrected chi connectivity index (χ0v) is 10.2. The highest BCUT2D eigenvalue weighted by Gasteiger charge is 1.99. The van der Waals surface area contributed by atoms with Crippen molar-refractivity contribution in [2.24, 2.45) is 5.92 Å². The first-order valence-corrected chi connectivity index (χ1v) is 5.94. The van der Waals surface area contributed by atoms with Crippen LogP contribution in [-0.4, -0.2) is 0 Å². The maximum Gasteiger partial charge on any atom is -0.0237 e. The standard InChI is InChI=1S/C15H22/c1-4-13(2)14(3)9-8-12-15-10-6-5-7-11-15/h5-7,9-11,13H,4,8,12H2,1-3H3. The van der Waals surface area contributed by atoms with Gasteiger partial charge in [0.2, 0.25) is 0 Å². The molecule has 0 aliphatic rings. The van der Waals surface area contributed by atoms with Gasteiger partial charge in [0.25, 0.3) is 0 Å². The Morgan fingerprint density at radius 1 is 1.27 bits per heavy atom. The molecule has 0 nitrogen and oxygen atoms in total. The number of rotatable bonds is 5. The van der Waals surface area contributed by atoms with Crippen molar-refractivity contribution in [2.45, 2.75) is 40.0 Å². The molecule has 0 fully saturated rings. The van der Waals surface area contributed by atoms with Gasteiger partial charge in [-0.1, -0.05) is 55.8 Å². The smallest absolute Gasteiger partial charge is 0.0237 e. The molecular weight excluding hydrogens is 180 g/mol. The molecule has 0 amide bonds. The van der Waals surface area contributed by atoms with E-state index in [-0.39, 0.29) is 0 Å². The first-order chi connectivity index (χ1) is 7.24. The zero-order valence-electron chi connectivity index (χ0n) is 10.2. The van der Waals surface area contributed by atoms with Crippen molar-refractivity contribution in [3.8, 4) is 0 Å². The molecule has 1 atom stereocenters. The highest BCUT2D eigenvalue weighted by molar-refractivity contribution is 5.15. The van der Waals surface area contributed by atoms with Crippen LogP contribution in [-0.2, 0) is 6.42 Å². The van der Waals surface area contributed by atoms with Crippen molar-refractivity contribution >= 4 is 0 Å². The summed E-state index contributed by atoms with van der Waals surface area (Å²) in [7, 11) is 0. The molecule has 0 aliphatic carbocycles. The Labute approximate surface area is 94.0 Å². The highest BCUT2D eigenvalue weighted by atomic mass is 14.1. The summed E-state index contributed by atoms with van der Waals surface area (Å²) in [6.45, 7) is 6.80. The van der Waals surface area contributed by atoms with Gasteiger partial charge in [0, 0.05) is 0 Å². The normalized spacial score (nSPS) is 13.9. The Kier molecular flexibility index (Phi) is 5.17. The Bertz CT molecular complexity index is 295. The SMILES string of the molecule is CCC(C)C(C)=CCCc1ccccc1. The van der Waals surface area contributed by atoms with E-state index in [0.29, 0.717) is 0 Å². The summed E-state index contributed by atoms with van der Waals surface area (Å²) in [6, 6.07) is 10.7.